The zero-order chi connectivity index (χ0) is 19.8. The topological polar surface area (TPSA) is 70.6 Å². The van der Waals surface area contributed by atoms with Gasteiger partial charge in [0.05, 0.1) is 5.56 Å². The van der Waals surface area contributed by atoms with Crippen molar-refractivity contribution in [3.63, 3.8) is 0 Å². The SMILES string of the molecule is Cc1ccc(C(=O)NC2(C(F)(F)F)N=C(c3ccccc3F)NC2=O)cc1. The predicted molar refractivity (Wildman–Crippen MR) is 88.5 cm³/mol. The van der Waals surface area contributed by atoms with Crippen molar-refractivity contribution >= 4 is 17.6 Å². The maximum atomic E-state index is 13.9. The Hall–Kier alpha value is -3.23. The molecule has 2 N–H and O–H groups in total. The van der Waals surface area contributed by atoms with Gasteiger partial charge in [-0.3, -0.25) is 9.59 Å². The van der Waals surface area contributed by atoms with Crippen molar-refractivity contribution in [3.05, 3.63) is 71.0 Å². The summed E-state index contributed by atoms with van der Waals surface area (Å²) in [6.07, 6.45) is -5.25. The Morgan fingerprint density at radius 3 is 2.33 bits per heavy atom. The van der Waals surface area contributed by atoms with Crippen LogP contribution in [0.1, 0.15) is 21.5 Å². The Bertz CT molecular complexity index is 938. The molecule has 5 nitrogen and oxygen atoms in total. The molecular weight excluding hydrogens is 366 g/mol. The smallest absolute Gasteiger partial charge is 0.312 e. The van der Waals surface area contributed by atoms with E-state index in [1.807, 2.05) is 5.32 Å². The molecule has 2 aromatic carbocycles. The second-order valence-electron chi connectivity index (χ2n) is 5.92. The van der Waals surface area contributed by atoms with Crippen LogP contribution in [0, 0.1) is 12.7 Å². The van der Waals surface area contributed by atoms with Crippen LogP contribution in [0.5, 0.6) is 0 Å². The van der Waals surface area contributed by atoms with Crippen LogP contribution in [-0.4, -0.2) is 29.5 Å². The maximum absolute atomic E-state index is 13.9. The van der Waals surface area contributed by atoms with E-state index in [1.54, 1.807) is 12.2 Å². The van der Waals surface area contributed by atoms with E-state index in [2.05, 4.69) is 4.99 Å². The highest BCUT2D eigenvalue weighted by atomic mass is 19.4. The Labute approximate surface area is 151 Å². The summed E-state index contributed by atoms with van der Waals surface area (Å²) in [6, 6.07) is 10.6. The van der Waals surface area contributed by atoms with Gasteiger partial charge in [0.2, 0.25) is 0 Å². The fourth-order valence-electron chi connectivity index (χ4n) is 2.51. The van der Waals surface area contributed by atoms with Crippen molar-refractivity contribution in [1.82, 2.24) is 10.6 Å². The van der Waals surface area contributed by atoms with Gasteiger partial charge in [0.1, 0.15) is 11.7 Å². The van der Waals surface area contributed by atoms with Crippen LogP contribution in [0.2, 0.25) is 0 Å². The third kappa shape index (κ3) is 3.27. The molecule has 1 aliphatic heterocycles. The fourth-order valence-corrected chi connectivity index (χ4v) is 2.51. The lowest BCUT2D eigenvalue weighted by molar-refractivity contribution is -0.192. The molecule has 27 heavy (non-hydrogen) atoms. The van der Waals surface area contributed by atoms with Crippen LogP contribution in [0.25, 0.3) is 0 Å². The summed E-state index contributed by atoms with van der Waals surface area (Å²) in [4.78, 5) is 27.8. The Morgan fingerprint density at radius 2 is 1.74 bits per heavy atom. The number of hydrogen-bond donors (Lipinski definition) is 2. The van der Waals surface area contributed by atoms with Crippen LogP contribution in [0.4, 0.5) is 17.6 Å². The van der Waals surface area contributed by atoms with E-state index in [4.69, 9.17) is 0 Å². The summed E-state index contributed by atoms with van der Waals surface area (Å²) in [5, 5.41) is 3.56. The zero-order valence-corrected chi connectivity index (χ0v) is 13.9. The van der Waals surface area contributed by atoms with Gasteiger partial charge in [0.25, 0.3) is 11.8 Å². The molecule has 0 bridgehead atoms. The van der Waals surface area contributed by atoms with Crippen LogP contribution in [-0.2, 0) is 4.79 Å². The Balaban J connectivity index is 2.03. The third-order valence-electron chi connectivity index (χ3n) is 3.99. The van der Waals surface area contributed by atoms with Crippen molar-refractivity contribution in [2.75, 3.05) is 0 Å². The number of hydrogen-bond acceptors (Lipinski definition) is 3. The summed E-state index contributed by atoms with van der Waals surface area (Å²) in [6.45, 7) is 1.74. The van der Waals surface area contributed by atoms with Gasteiger partial charge in [-0.2, -0.15) is 13.2 Å². The molecule has 9 heteroatoms. The molecule has 3 rings (SSSR count). The van der Waals surface area contributed by atoms with Gasteiger partial charge in [0, 0.05) is 5.56 Å². The number of benzene rings is 2. The normalized spacial score (nSPS) is 19.4. The summed E-state index contributed by atoms with van der Waals surface area (Å²) in [5.41, 5.74) is -3.14. The molecule has 0 aromatic heterocycles. The number of alkyl halides is 3. The van der Waals surface area contributed by atoms with Crippen molar-refractivity contribution < 1.29 is 27.2 Å². The van der Waals surface area contributed by atoms with E-state index in [1.165, 1.54) is 42.5 Å². The van der Waals surface area contributed by atoms with Crippen molar-refractivity contribution in [1.29, 1.82) is 0 Å². The van der Waals surface area contributed by atoms with Gasteiger partial charge in [-0.1, -0.05) is 29.8 Å². The van der Waals surface area contributed by atoms with E-state index in [0.717, 1.165) is 11.6 Å². The molecule has 1 heterocycles. The summed E-state index contributed by atoms with van der Waals surface area (Å²) >= 11 is 0. The molecule has 0 aliphatic carbocycles. The predicted octanol–water partition coefficient (Wildman–Crippen LogP) is 2.70. The molecule has 1 aliphatic rings. The third-order valence-corrected chi connectivity index (χ3v) is 3.99. The highest BCUT2D eigenvalue weighted by Gasteiger charge is 2.65. The minimum Gasteiger partial charge on any atom is -0.312 e. The minimum absolute atomic E-state index is 0.0773. The Morgan fingerprint density at radius 1 is 1.11 bits per heavy atom. The maximum Gasteiger partial charge on any atom is 0.442 e. The second kappa shape index (κ2) is 6.49. The monoisotopic (exact) mass is 379 g/mol. The van der Waals surface area contributed by atoms with Crippen molar-refractivity contribution in [2.45, 2.75) is 18.8 Å². The van der Waals surface area contributed by atoms with Crippen LogP contribution in [0.3, 0.4) is 0 Å². The summed E-state index contributed by atoms with van der Waals surface area (Å²) in [5.74, 6) is -4.23. The molecule has 1 unspecified atom stereocenters. The second-order valence-corrected chi connectivity index (χ2v) is 5.92. The number of aliphatic imine (C=N–C) groups is 1. The Kier molecular flexibility index (Phi) is 4.46. The highest BCUT2D eigenvalue weighted by Crippen LogP contribution is 2.35. The van der Waals surface area contributed by atoms with E-state index >= 15 is 0 Å². The minimum atomic E-state index is -5.25. The lowest BCUT2D eigenvalue weighted by Crippen LogP contribution is -2.63. The average molecular weight is 379 g/mol. The van der Waals surface area contributed by atoms with E-state index in [0.29, 0.717) is 0 Å². The summed E-state index contributed by atoms with van der Waals surface area (Å²) in [7, 11) is 0. The molecule has 2 aromatic rings. The van der Waals surface area contributed by atoms with Crippen molar-refractivity contribution in [3.8, 4) is 0 Å². The highest BCUT2D eigenvalue weighted by molar-refractivity contribution is 6.16. The molecule has 0 fully saturated rings. The van der Waals surface area contributed by atoms with Gasteiger partial charge < -0.3 is 10.6 Å². The molecule has 0 radical (unpaired) electrons. The van der Waals surface area contributed by atoms with E-state index in [9.17, 15) is 27.2 Å². The first-order chi connectivity index (χ1) is 12.6. The molecule has 0 spiro atoms. The first-order valence-electron chi connectivity index (χ1n) is 7.76. The van der Waals surface area contributed by atoms with Crippen LogP contribution < -0.4 is 10.6 Å². The zero-order valence-electron chi connectivity index (χ0n) is 13.9. The number of amidine groups is 1. The van der Waals surface area contributed by atoms with E-state index < -0.39 is 35.3 Å². The lowest BCUT2D eigenvalue weighted by Gasteiger charge is -2.27. The van der Waals surface area contributed by atoms with Gasteiger partial charge in [0.15, 0.2) is 0 Å². The van der Waals surface area contributed by atoms with Crippen LogP contribution >= 0.6 is 0 Å². The molecule has 0 saturated heterocycles. The first-order valence-corrected chi connectivity index (χ1v) is 7.76. The largest absolute Gasteiger partial charge is 0.442 e. The summed E-state index contributed by atoms with van der Waals surface area (Å²) < 4.78 is 55.0. The quantitative estimate of drug-likeness (QED) is 0.805. The molecule has 140 valence electrons. The number of halogens is 4. The molecule has 2 amide bonds. The van der Waals surface area contributed by atoms with Gasteiger partial charge in [-0.25, -0.2) is 9.38 Å². The number of carbonyl (C=O) groups excluding carboxylic acids is 2. The number of rotatable bonds is 3. The average Bonchev–Trinajstić information content (AvgIpc) is 2.93. The standard InChI is InChI=1S/C18H13F4N3O2/c1-10-6-8-11(9-7-10)15(26)25-17(18(20,21)22)16(27)23-14(24-17)12-4-2-3-5-13(12)19/h2-9H,1H3,(H,25,26)(H,23,24,27). The number of aryl methyl sites for hydroxylation is 1. The number of nitrogens with one attached hydrogen (secondary N) is 2. The van der Waals surface area contributed by atoms with Gasteiger partial charge in [-0.15, -0.1) is 0 Å². The number of carbonyl (C=O) groups is 2. The molecule has 0 saturated carbocycles. The number of nitrogens with zero attached hydrogens (tertiary/aromatic N) is 1. The molecular formula is C18H13F4N3O2. The van der Waals surface area contributed by atoms with Crippen LogP contribution in [0.15, 0.2) is 53.5 Å². The van der Waals surface area contributed by atoms with Gasteiger partial charge in [-0.05, 0) is 31.2 Å². The van der Waals surface area contributed by atoms with Gasteiger partial charge >= 0.3 is 11.8 Å². The lowest BCUT2D eigenvalue weighted by atomic mass is 10.1. The molecule has 1 atom stereocenters. The fraction of sp³-hybridized carbons (Fsp3) is 0.167. The van der Waals surface area contributed by atoms with Crippen molar-refractivity contribution in [2.24, 2.45) is 4.99 Å². The number of amides is 2. The van der Waals surface area contributed by atoms with E-state index in [-0.39, 0.29) is 11.1 Å². The first kappa shape index (κ1) is 18.6.